The first-order valence-electron chi connectivity index (χ1n) is 9.19. The first-order chi connectivity index (χ1) is 13.7. The summed E-state index contributed by atoms with van der Waals surface area (Å²) in [4.78, 5) is 12.6. The molecule has 2 aromatic carbocycles. The summed E-state index contributed by atoms with van der Waals surface area (Å²) in [5.41, 5.74) is 0.957. The summed E-state index contributed by atoms with van der Waals surface area (Å²) in [6.07, 6.45) is 0.882. The van der Waals surface area contributed by atoms with E-state index in [9.17, 15) is 13.2 Å². The molecule has 156 valence electrons. The van der Waals surface area contributed by atoms with Crippen LogP contribution >= 0.6 is 34.8 Å². The monoisotopic (exact) mass is 474 g/mol. The lowest BCUT2D eigenvalue weighted by atomic mass is 9.96. The van der Waals surface area contributed by atoms with Crippen molar-refractivity contribution in [1.82, 2.24) is 9.62 Å². The van der Waals surface area contributed by atoms with Crippen LogP contribution in [0.3, 0.4) is 0 Å². The molecule has 29 heavy (non-hydrogen) atoms. The standard InChI is InChI=1S/C20H21Cl3N2O3S/c1-13(14-2-4-16(21)5-3-14)24-20(26)15-8-10-25(11-9-15)29(27,28)19-12-17(22)6-7-18(19)23/h2-7,12-13,15H,8-11H2,1H3,(H,24,26)/t13-/m1/s1. The molecule has 0 bridgehead atoms. The summed E-state index contributed by atoms with van der Waals surface area (Å²) in [5.74, 6) is -0.323. The van der Waals surface area contributed by atoms with Crippen LogP contribution in [-0.2, 0) is 14.8 Å². The number of halogens is 3. The second kappa shape index (κ2) is 9.23. The van der Waals surface area contributed by atoms with E-state index in [1.807, 2.05) is 19.1 Å². The van der Waals surface area contributed by atoms with Gasteiger partial charge in [-0.3, -0.25) is 4.79 Å². The molecule has 5 nitrogen and oxygen atoms in total. The first-order valence-corrected chi connectivity index (χ1v) is 11.8. The van der Waals surface area contributed by atoms with Crippen LogP contribution < -0.4 is 5.32 Å². The van der Waals surface area contributed by atoms with Gasteiger partial charge in [0.05, 0.1) is 11.1 Å². The van der Waals surface area contributed by atoms with Crippen LogP contribution in [0.15, 0.2) is 47.4 Å². The van der Waals surface area contributed by atoms with E-state index in [2.05, 4.69) is 5.32 Å². The van der Waals surface area contributed by atoms with E-state index >= 15 is 0 Å². The Hall–Kier alpha value is -1.31. The van der Waals surface area contributed by atoms with Crippen LogP contribution in [0.2, 0.25) is 15.1 Å². The highest BCUT2D eigenvalue weighted by Gasteiger charge is 2.33. The number of nitrogens with zero attached hydrogens (tertiary/aromatic N) is 1. The Labute approximate surface area is 186 Å². The summed E-state index contributed by atoms with van der Waals surface area (Å²) < 4.78 is 27.2. The molecule has 0 radical (unpaired) electrons. The van der Waals surface area contributed by atoms with Gasteiger partial charge in [-0.2, -0.15) is 4.31 Å². The Bertz CT molecular complexity index is 989. The third-order valence-corrected chi connectivity index (χ3v) is 7.93. The van der Waals surface area contributed by atoms with Crippen LogP contribution in [0.5, 0.6) is 0 Å². The fraction of sp³-hybridized carbons (Fsp3) is 0.350. The Morgan fingerprint density at radius 3 is 2.24 bits per heavy atom. The fourth-order valence-corrected chi connectivity index (χ4v) is 5.67. The molecule has 1 aliphatic rings. The minimum absolute atomic E-state index is 0.00840. The quantitative estimate of drug-likeness (QED) is 0.667. The Balaban J connectivity index is 1.61. The van der Waals surface area contributed by atoms with Crippen LogP contribution in [0.25, 0.3) is 0 Å². The van der Waals surface area contributed by atoms with E-state index in [1.54, 1.807) is 18.2 Å². The summed E-state index contributed by atoms with van der Waals surface area (Å²) in [7, 11) is -3.76. The second-order valence-corrected chi connectivity index (χ2v) is 10.2. The zero-order chi connectivity index (χ0) is 21.2. The predicted octanol–water partition coefficient (Wildman–Crippen LogP) is 4.92. The van der Waals surface area contributed by atoms with Gasteiger partial charge in [-0.1, -0.05) is 46.9 Å². The molecule has 0 spiro atoms. The lowest BCUT2D eigenvalue weighted by molar-refractivity contribution is -0.126. The van der Waals surface area contributed by atoms with Crippen molar-refractivity contribution >= 4 is 50.7 Å². The number of carbonyl (C=O) groups is 1. The average molecular weight is 476 g/mol. The molecule has 0 aliphatic carbocycles. The topological polar surface area (TPSA) is 66.5 Å². The van der Waals surface area contributed by atoms with Crippen molar-refractivity contribution in [2.45, 2.75) is 30.7 Å². The Morgan fingerprint density at radius 1 is 1.03 bits per heavy atom. The van der Waals surface area contributed by atoms with E-state index < -0.39 is 10.0 Å². The smallest absolute Gasteiger partial charge is 0.244 e. The van der Waals surface area contributed by atoms with Gasteiger partial charge in [0.1, 0.15) is 4.90 Å². The minimum Gasteiger partial charge on any atom is -0.349 e. The highest BCUT2D eigenvalue weighted by Crippen LogP contribution is 2.30. The third kappa shape index (κ3) is 5.25. The molecular weight excluding hydrogens is 455 g/mol. The van der Waals surface area contributed by atoms with Gasteiger partial charge in [0.2, 0.25) is 15.9 Å². The molecule has 3 rings (SSSR count). The van der Waals surface area contributed by atoms with Crippen LogP contribution in [0, 0.1) is 5.92 Å². The Morgan fingerprint density at radius 2 is 1.62 bits per heavy atom. The number of carbonyl (C=O) groups excluding carboxylic acids is 1. The van der Waals surface area contributed by atoms with E-state index in [-0.39, 0.29) is 40.9 Å². The molecular formula is C20H21Cl3N2O3S. The van der Waals surface area contributed by atoms with E-state index in [0.717, 1.165) is 5.56 Å². The molecule has 2 aromatic rings. The molecule has 1 atom stereocenters. The maximum absolute atomic E-state index is 12.9. The number of nitrogens with one attached hydrogen (secondary N) is 1. The van der Waals surface area contributed by atoms with Gasteiger partial charge in [0, 0.05) is 29.1 Å². The zero-order valence-corrected chi connectivity index (χ0v) is 18.8. The normalized spacial score (nSPS) is 17.1. The van der Waals surface area contributed by atoms with Crippen LogP contribution in [0.1, 0.15) is 31.4 Å². The maximum Gasteiger partial charge on any atom is 0.244 e. The third-order valence-electron chi connectivity index (χ3n) is 5.06. The van der Waals surface area contributed by atoms with Gasteiger partial charge in [-0.05, 0) is 55.7 Å². The SMILES string of the molecule is C[C@@H](NC(=O)C1CCN(S(=O)(=O)c2cc(Cl)ccc2Cl)CC1)c1ccc(Cl)cc1. The molecule has 0 aromatic heterocycles. The Kier molecular flexibility index (Phi) is 7.12. The average Bonchev–Trinajstić information content (AvgIpc) is 2.70. The molecule has 1 fully saturated rings. The zero-order valence-electron chi connectivity index (χ0n) is 15.7. The molecule has 9 heteroatoms. The van der Waals surface area contributed by atoms with Crippen LogP contribution in [-0.4, -0.2) is 31.7 Å². The molecule has 1 N–H and O–H groups in total. The lowest BCUT2D eigenvalue weighted by Crippen LogP contribution is -2.43. The molecule has 0 unspecified atom stereocenters. The summed E-state index contributed by atoms with van der Waals surface area (Å²) in [5, 5.41) is 4.07. The van der Waals surface area contributed by atoms with Crippen molar-refractivity contribution in [3.63, 3.8) is 0 Å². The fourth-order valence-electron chi connectivity index (χ4n) is 3.34. The molecule has 1 amide bonds. The van der Waals surface area contributed by atoms with Gasteiger partial charge in [0.25, 0.3) is 0 Å². The van der Waals surface area contributed by atoms with E-state index in [4.69, 9.17) is 34.8 Å². The van der Waals surface area contributed by atoms with Gasteiger partial charge in [-0.15, -0.1) is 0 Å². The van der Waals surface area contributed by atoms with Gasteiger partial charge in [0.15, 0.2) is 0 Å². The van der Waals surface area contributed by atoms with E-state index in [0.29, 0.717) is 22.9 Å². The van der Waals surface area contributed by atoms with Gasteiger partial charge < -0.3 is 5.32 Å². The van der Waals surface area contributed by atoms with Crippen molar-refractivity contribution in [3.05, 3.63) is 63.1 Å². The number of sulfonamides is 1. The summed E-state index contributed by atoms with van der Waals surface area (Å²) in [6.45, 7) is 2.40. The molecule has 1 heterocycles. The largest absolute Gasteiger partial charge is 0.349 e. The maximum atomic E-state index is 12.9. The molecule has 0 saturated carbocycles. The highest BCUT2D eigenvalue weighted by atomic mass is 35.5. The second-order valence-electron chi connectivity index (χ2n) is 7.03. The number of rotatable bonds is 5. The van der Waals surface area contributed by atoms with Crippen molar-refractivity contribution in [3.8, 4) is 0 Å². The van der Waals surface area contributed by atoms with Gasteiger partial charge in [-0.25, -0.2) is 8.42 Å². The predicted molar refractivity (Wildman–Crippen MR) is 116 cm³/mol. The van der Waals surface area contributed by atoms with Crippen molar-refractivity contribution in [2.24, 2.45) is 5.92 Å². The van der Waals surface area contributed by atoms with Crippen molar-refractivity contribution < 1.29 is 13.2 Å². The van der Waals surface area contributed by atoms with Crippen molar-refractivity contribution in [2.75, 3.05) is 13.1 Å². The number of hydrogen-bond acceptors (Lipinski definition) is 3. The molecule has 1 aliphatic heterocycles. The number of hydrogen-bond donors (Lipinski definition) is 1. The first kappa shape index (κ1) is 22.4. The van der Waals surface area contributed by atoms with Gasteiger partial charge >= 0.3 is 0 Å². The van der Waals surface area contributed by atoms with Crippen molar-refractivity contribution in [1.29, 1.82) is 0 Å². The highest BCUT2D eigenvalue weighted by molar-refractivity contribution is 7.89. The lowest BCUT2D eigenvalue weighted by Gasteiger charge is -2.31. The summed E-state index contributed by atoms with van der Waals surface area (Å²) >= 11 is 17.9. The number of amides is 1. The number of piperidine rings is 1. The molecule has 1 saturated heterocycles. The van der Waals surface area contributed by atoms with Crippen LogP contribution in [0.4, 0.5) is 0 Å². The summed E-state index contributed by atoms with van der Waals surface area (Å²) in [6, 6.07) is 11.5. The minimum atomic E-state index is -3.76. The van der Waals surface area contributed by atoms with E-state index in [1.165, 1.54) is 16.4 Å². The number of benzene rings is 2.